The Morgan fingerprint density at radius 1 is 1.00 bits per heavy atom. The Morgan fingerprint density at radius 2 is 1.72 bits per heavy atom. The first-order chi connectivity index (χ1) is 22.2. The molecule has 2 aliphatic heterocycles. The number of urea groups is 1. The fourth-order valence-corrected chi connectivity index (χ4v) is 7.38. The van der Waals surface area contributed by atoms with E-state index in [4.69, 9.17) is 11.6 Å². The summed E-state index contributed by atoms with van der Waals surface area (Å²) in [6.07, 6.45) is 3.94. The lowest BCUT2D eigenvalue weighted by molar-refractivity contribution is -0.121. The van der Waals surface area contributed by atoms with Crippen molar-refractivity contribution in [3.05, 3.63) is 101 Å². The van der Waals surface area contributed by atoms with Gasteiger partial charge in [0.25, 0.3) is 0 Å². The monoisotopic (exact) mass is 639 g/mol. The standard InChI is InChI=1S/C37H42ClN5O3/c1-24(31-21-39-32-12-8-7-11-30(31)32)34(36(45)43-23-25(22-41(2)3)19-28-20-29(38)13-14-33(28)43)40-37(46)42-17-15-27(16-18-42)35(44)26-9-5-4-6-10-26/h4-14,20-21,24-25,27,34,39H,15-19,22-23H2,1-3H3,(H,40,46)/t24-,25+,34+/m0/s1. The summed E-state index contributed by atoms with van der Waals surface area (Å²) in [7, 11) is 4.08. The van der Waals surface area contributed by atoms with Gasteiger partial charge in [0.1, 0.15) is 6.04 Å². The molecule has 46 heavy (non-hydrogen) atoms. The van der Waals surface area contributed by atoms with Crippen LogP contribution in [0.4, 0.5) is 10.5 Å². The zero-order valence-corrected chi connectivity index (χ0v) is 27.5. The first kappa shape index (κ1) is 31.8. The van der Waals surface area contributed by atoms with Gasteiger partial charge in [0.15, 0.2) is 5.78 Å². The van der Waals surface area contributed by atoms with Crippen molar-refractivity contribution in [2.75, 3.05) is 45.2 Å². The van der Waals surface area contributed by atoms with E-state index in [2.05, 4.69) is 15.2 Å². The van der Waals surface area contributed by atoms with Crippen LogP contribution in [0.25, 0.3) is 10.9 Å². The molecule has 0 radical (unpaired) electrons. The van der Waals surface area contributed by atoms with Crippen molar-refractivity contribution in [1.29, 1.82) is 0 Å². The number of hydrogen-bond acceptors (Lipinski definition) is 4. The van der Waals surface area contributed by atoms with Crippen molar-refractivity contribution in [1.82, 2.24) is 20.1 Å². The number of likely N-dealkylation sites (tertiary alicyclic amines) is 1. The van der Waals surface area contributed by atoms with Gasteiger partial charge in [-0.15, -0.1) is 0 Å². The molecule has 3 heterocycles. The zero-order chi connectivity index (χ0) is 32.4. The summed E-state index contributed by atoms with van der Waals surface area (Å²) in [5.41, 5.74) is 4.54. The van der Waals surface area contributed by atoms with Gasteiger partial charge < -0.3 is 25.0 Å². The van der Waals surface area contributed by atoms with Crippen LogP contribution in [0.2, 0.25) is 5.02 Å². The number of H-pyrrole nitrogens is 1. The van der Waals surface area contributed by atoms with Crippen LogP contribution < -0.4 is 10.2 Å². The van der Waals surface area contributed by atoms with Crippen LogP contribution in [0.3, 0.4) is 0 Å². The smallest absolute Gasteiger partial charge is 0.318 e. The lowest BCUT2D eigenvalue weighted by Gasteiger charge is -2.39. The van der Waals surface area contributed by atoms with Gasteiger partial charge in [-0.1, -0.05) is 67.1 Å². The van der Waals surface area contributed by atoms with Gasteiger partial charge in [0.2, 0.25) is 5.91 Å². The van der Waals surface area contributed by atoms with E-state index in [1.165, 1.54) is 0 Å². The fraction of sp³-hybridized carbons (Fsp3) is 0.378. The third-order valence-corrected chi connectivity index (χ3v) is 9.77. The topological polar surface area (TPSA) is 88.8 Å². The Labute approximate surface area is 275 Å². The number of nitrogens with zero attached hydrogens (tertiary/aromatic N) is 3. The summed E-state index contributed by atoms with van der Waals surface area (Å²) in [6.45, 7) is 4.28. The molecular weight excluding hydrogens is 598 g/mol. The molecule has 3 aromatic carbocycles. The number of fused-ring (bicyclic) bond motifs is 2. The molecule has 0 spiro atoms. The van der Waals surface area contributed by atoms with Crippen LogP contribution in [-0.4, -0.2) is 78.8 Å². The average Bonchev–Trinajstić information content (AvgIpc) is 3.50. The average molecular weight is 640 g/mol. The molecule has 1 saturated heterocycles. The Balaban J connectivity index is 1.26. The van der Waals surface area contributed by atoms with E-state index in [1.807, 2.05) is 105 Å². The molecule has 1 fully saturated rings. The lowest BCUT2D eigenvalue weighted by Crippen LogP contribution is -2.57. The third-order valence-electron chi connectivity index (χ3n) is 9.54. The molecule has 9 heteroatoms. The van der Waals surface area contributed by atoms with E-state index in [-0.39, 0.29) is 35.5 Å². The Kier molecular flexibility index (Phi) is 9.47. The summed E-state index contributed by atoms with van der Waals surface area (Å²) in [5, 5.41) is 4.84. The lowest BCUT2D eigenvalue weighted by atomic mass is 9.88. The normalized spacial score (nSPS) is 18.3. The Hall–Kier alpha value is -4.14. The van der Waals surface area contributed by atoms with Gasteiger partial charge in [-0.25, -0.2) is 4.79 Å². The van der Waals surface area contributed by atoms with Crippen molar-refractivity contribution in [2.45, 2.75) is 38.1 Å². The van der Waals surface area contributed by atoms with Crippen LogP contribution in [0.15, 0.2) is 79.0 Å². The van der Waals surface area contributed by atoms with Crippen molar-refractivity contribution < 1.29 is 14.4 Å². The van der Waals surface area contributed by atoms with Crippen molar-refractivity contribution in [3.8, 4) is 0 Å². The van der Waals surface area contributed by atoms with E-state index in [0.29, 0.717) is 43.1 Å². The molecule has 1 aromatic heterocycles. The van der Waals surface area contributed by atoms with Crippen molar-refractivity contribution in [3.63, 3.8) is 0 Å². The SMILES string of the molecule is C[C@@H](c1c[nH]c2ccccc12)[C@@H](NC(=O)N1CCC(C(=O)c2ccccc2)CC1)C(=O)N1C[C@@H](CN(C)C)Cc2cc(Cl)ccc21. The molecule has 6 rings (SSSR count). The highest BCUT2D eigenvalue weighted by Gasteiger charge is 2.38. The van der Waals surface area contributed by atoms with E-state index in [1.54, 1.807) is 4.90 Å². The van der Waals surface area contributed by atoms with Crippen LogP contribution in [0.1, 0.15) is 47.2 Å². The first-order valence-corrected chi connectivity index (χ1v) is 16.5. The molecule has 3 amide bonds. The summed E-state index contributed by atoms with van der Waals surface area (Å²) in [6, 6.07) is 22.0. The number of carbonyl (C=O) groups excluding carboxylic acids is 3. The minimum absolute atomic E-state index is 0.123. The zero-order valence-electron chi connectivity index (χ0n) is 26.7. The van der Waals surface area contributed by atoms with Crippen LogP contribution in [-0.2, 0) is 11.2 Å². The molecule has 0 saturated carbocycles. The van der Waals surface area contributed by atoms with Gasteiger partial charge in [-0.05, 0) is 74.7 Å². The highest BCUT2D eigenvalue weighted by molar-refractivity contribution is 6.30. The van der Waals surface area contributed by atoms with E-state index in [9.17, 15) is 14.4 Å². The van der Waals surface area contributed by atoms with Gasteiger partial charge in [-0.3, -0.25) is 9.59 Å². The number of hydrogen-bond donors (Lipinski definition) is 2. The molecule has 8 nitrogen and oxygen atoms in total. The predicted molar refractivity (Wildman–Crippen MR) is 184 cm³/mol. The number of rotatable bonds is 8. The molecule has 0 aliphatic carbocycles. The minimum Gasteiger partial charge on any atom is -0.361 e. The minimum atomic E-state index is -0.822. The van der Waals surface area contributed by atoms with Gasteiger partial charge in [-0.2, -0.15) is 0 Å². The summed E-state index contributed by atoms with van der Waals surface area (Å²) >= 11 is 6.41. The Bertz CT molecular complexity index is 1710. The van der Waals surface area contributed by atoms with Crippen LogP contribution in [0.5, 0.6) is 0 Å². The van der Waals surface area contributed by atoms with Gasteiger partial charge in [0.05, 0.1) is 0 Å². The number of para-hydroxylation sites is 1. The number of ketones is 1. The second-order valence-electron chi connectivity index (χ2n) is 13.1. The van der Waals surface area contributed by atoms with Crippen molar-refractivity contribution >= 4 is 45.9 Å². The van der Waals surface area contributed by atoms with Gasteiger partial charge in [0, 0.05) is 71.4 Å². The number of anilines is 1. The fourth-order valence-electron chi connectivity index (χ4n) is 7.19. The number of Topliss-reactive ketones (excluding diaryl/α,β-unsaturated/α-hetero) is 1. The molecule has 3 atom stereocenters. The van der Waals surface area contributed by atoms with E-state index < -0.39 is 6.04 Å². The number of benzene rings is 3. The number of amides is 3. The predicted octanol–water partition coefficient (Wildman–Crippen LogP) is 6.37. The number of aromatic nitrogens is 1. The third kappa shape index (κ3) is 6.69. The maximum Gasteiger partial charge on any atom is 0.318 e. The summed E-state index contributed by atoms with van der Waals surface area (Å²) in [4.78, 5) is 50.8. The highest BCUT2D eigenvalue weighted by Crippen LogP contribution is 2.35. The molecule has 240 valence electrons. The number of halogens is 1. The number of carbonyl (C=O) groups is 3. The summed E-state index contributed by atoms with van der Waals surface area (Å²) in [5.74, 6) is -0.259. The number of aromatic amines is 1. The van der Waals surface area contributed by atoms with Crippen LogP contribution >= 0.6 is 11.6 Å². The van der Waals surface area contributed by atoms with Gasteiger partial charge >= 0.3 is 6.03 Å². The highest BCUT2D eigenvalue weighted by atomic mass is 35.5. The molecule has 2 N–H and O–H groups in total. The van der Waals surface area contributed by atoms with Crippen LogP contribution in [0, 0.1) is 11.8 Å². The largest absolute Gasteiger partial charge is 0.361 e. The molecule has 0 bridgehead atoms. The second-order valence-corrected chi connectivity index (χ2v) is 13.5. The van der Waals surface area contributed by atoms with E-state index >= 15 is 0 Å². The molecular formula is C37H42ClN5O3. The number of piperidine rings is 1. The second kappa shape index (κ2) is 13.7. The maximum atomic E-state index is 14.8. The Morgan fingerprint density at radius 3 is 2.46 bits per heavy atom. The summed E-state index contributed by atoms with van der Waals surface area (Å²) < 4.78 is 0. The number of nitrogens with one attached hydrogen (secondary N) is 2. The van der Waals surface area contributed by atoms with Crippen molar-refractivity contribution in [2.24, 2.45) is 11.8 Å². The van der Waals surface area contributed by atoms with E-state index in [0.717, 1.165) is 40.7 Å². The molecule has 0 unspecified atom stereocenters. The maximum absolute atomic E-state index is 14.8. The first-order valence-electron chi connectivity index (χ1n) is 16.1. The quantitative estimate of drug-likeness (QED) is 0.220. The molecule has 4 aromatic rings. The molecule has 2 aliphatic rings.